The predicted octanol–water partition coefficient (Wildman–Crippen LogP) is 4.33. The van der Waals surface area contributed by atoms with Crippen LogP contribution in [0.5, 0.6) is 5.75 Å². The van der Waals surface area contributed by atoms with Gasteiger partial charge in [-0.25, -0.2) is 0 Å². The first kappa shape index (κ1) is 20.2. The molecule has 1 aromatic carbocycles. The average Bonchev–Trinajstić information content (AvgIpc) is 3.43. The third kappa shape index (κ3) is 5.49. The molecule has 2 heterocycles. The van der Waals surface area contributed by atoms with Crippen LogP contribution >= 0.6 is 0 Å². The third-order valence-electron chi connectivity index (χ3n) is 7.06. The maximum atomic E-state index is 5.96. The molecule has 0 spiro atoms. The van der Waals surface area contributed by atoms with Gasteiger partial charge in [0.2, 0.25) is 0 Å². The lowest BCUT2D eigenvalue weighted by molar-refractivity contribution is 0.0540. The number of piperidine rings is 1. The van der Waals surface area contributed by atoms with Gasteiger partial charge in [-0.05, 0) is 75.2 Å². The third-order valence-corrected chi connectivity index (χ3v) is 7.06. The van der Waals surface area contributed by atoms with Crippen LogP contribution in [0.4, 0.5) is 0 Å². The van der Waals surface area contributed by atoms with Crippen LogP contribution in [0.15, 0.2) is 24.3 Å². The standard InChI is InChI=1S/C24H38N2O2/c1-27-23-10-8-20(9-11-23)17-25(19-24-7-4-16-28-24)18-21-12-14-26(15-13-21)22-5-2-3-6-22/h8-11,21-22,24H,2-7,12-19H2,1H3/t24-/m0/s1. The van der Waals surface area contributed by atoms with E-state index in [-0.39, 0.29) is 0 Å². The van der Waals surface area contributed by atoms with Gasteiger partial charge < -0.3 is 14.4 Å². The van der Waals surface area contributed by atoms with E-state index in [4.69, 9.17) is 9.47 Å². The Labute approximate surface area is 171 Å². The Balaban J connectivity index is 1.32. The first-order valence-electron chi connectivity index (χ1n) is 11.5. The topological polar surface area (TPSA) is 24.9 Å². The quantitative estimate of drug-likeness (QED) is 0.664. The molecule has 28 heavy (non-hydrogen) atoms. The lowest BCUT2D eigenvalue weighted by atomic mass is 9.94. The Hall–Kier alpha value is -1.10. The molecule has 1 aromatic rings. The van der Waals surface area contributed by atoms with Crippen molar-refractivity contribution in [1.29, 1.82) is 0 Å². The lowest BCUT2D eigenvalue weighted by Crippen LogP contribution is -2.43. The molecule has 1 aliphatic carbocycles. The highest BCUT2D eigenvalue weighted by atomic mass is 16.5. The minimum Gasteiger partial charge on any atom is -0.497 e. The molecule has 2 aliphatic heterocycles. The number of nitrogens with zero attached hydrogens (tertiary/aromatic N) is 2. The van der Waals surface area contributed by atoms with Gasteiger partial charge in [-0.15, -0.1) is 0 Å². The van der Waals surface area contributed by atoms with Crippen LogP contribution < -0.4 is 4.74 Å². The summed E-state index contributed by atoms with van der Waals surface area (Å²) in [6, 6.07) is 9.48. The van der Waals surface area contributed by atoms with Crippen molar-refractivity contribution in [2.45, 2.75) is 70.1 Å². The molecule has 3 fully saturated rings. The van der Waals surface area contributed by atoms with Crippen LogP contribution in [0.3, 0.4) is 0 Å². The minimum atomic E-state index is 0.428. The van der Waals surface area contributed by atoms with Gasteiger partial charge in [-0.2, -0.15) is 0 Å². The van der Waals surface area contributed by atoms with E-state index in [1.807, 2.05) is 0 Å². The maximum Gasteiger partial charge on any atom is 0.118 e. The van der Waals surface area contributed by atoms with Gasteiger partial charge in [0, 0.05) is 32.3 Å². The van der Waals surface area contributed by atoms with E-state index in [1.165, 1.54) is 76.6 Å². The smallest absolute Gasteiger partial charge is 0.118 e. The van der Waals surface area contributed by atoms with Crippen LogP contribution in [-0.4, -0.2) is 61.8 Å². The number of ether oxygens (including phenoxy) is 2. The van der Waals surface area contributed by atoms with Gasteiger partial charge >= 0.3 is 0 Å². The van der Waals surface area contributed by atoms with Gasteiger partial charge in [-0.1, -0.05) is 25.0 Å². The summed E-state index contributed by atoms with van der Waals surface area (Å²) in [5.74, 6) is 1.77. The van der Waals surface area contributed by atoms with Crippen molar-refractivity contribution < 1.29 is 9.47 Å². The second kappa shape index (κ2) is 10.1. The molecule has 0 N–H and O–H groups in total. The summed E-state index contributed by atoms with van der Waals surface area (Å²) in [6.45, 7) is 6.88. The number of hydrogen-bond donors (Lipinski definition) is 0. The monoisotopic (exact) mass is 386 g/mol. The highest BCUT2D eigenvalue weighted by Gasteiger charge is 2.28. The highest BCUT2D eigenvalue weighted by Crippen LogP contribution is 2.29. The summed E-state index contributed by atoms with van der Waals surface area (Å²) < 4.78 is 11.3. The average molecular weight is 387 g/mol. The molecule has 0 amide bonds. The first-order valence-corrected chi connectivity index (χ1v) is 11.5. The molecule has 0 bridgehead atoms. The Morgan fingerprint density at radius 1 is 0.964 bits per heavy atom. The van der Waals surface area contributed by atoms with E-state index in [0.29, 0.717) is 6.10 Å². The van der Waals surface area contributed by atoms with Crippen molar-refractivity contribution in [3.63, 3.8) is 0 Å². The van der Waals surface area contributed by atoms with E-state index in [9.17, 15) is 0 Å². The summed E-state index contributed by atoms with van der Waals surface area (Å²) in [4.78, 5) is 5.45. The fourth-order valence-corrected chi connectivity index (χ4v) is 5.40. The van der Waals surface area contributed by atoms with Crippen molar-refractivity contribution in [2.24, 2.45) is 5.92 Å². The van der Waals surface area contributed by atoms with Crippen molar-refractivity contribution in [3.05, 3.63) is 29.8 Å². The van der Waals surface area contributed by atoms with Crippen LogP contribution in [-0.2, 0) is 11.3 Å². The van der Waals surface area contributed by atoms with E-state index in [1.54, 1.807) is 7.11 Å². The molecule has 1 saturated carbocycles. The van der Waals surface area contributed by atoms with E-state index in [0.717, 1.165) is 37.4 Å². The van der Waals surface area contributed by atoms with Gasteiger partial charge in [0.15, 0.2) is 0 Å². The molecule has 4 nitrogen and oxygen atoms in total. The number of rotatable bonds is 8. The summed E-state index contributed by atoms with van der Waals surface area (Å²) in [7, 11) is 1.73. The second-order valence-electron chi connectivity index (χ2n) is 9.09. The van der Waals surface area contributed by atoms with E-state index >= 15 is 0 Å². The van der Waals surface area contributed by atoms with Crippen LogP contribution in [0.2, 0.25) is 0 Å². The van der Waals surface area contributed by atoms with Crippen LogP contribution in [0, 0.1) is 5.92 Å². The summed E-state index contributed by atoms with van der Waals surface area (Å²) in [5, 5.41) is 0. The predicted molar refractivity (Wildman–Crippen MR) is 114 cm³/mol. The Bertz CT molecular complexity index is 571. The molecule has 156 valence electrons. The molecule has 3 aliphatic rings. The Morgan fingerprint density at radius 2 is 1.71 bits per heavy atom. The largest absolute Gasteiger partial charge is 0.497 e. The SMILES string of the molecule is COc1ccc(CN(CC2CCN(C3CCCC3)CC2)C[C@@H]2CCCO2)cc1. The Morgan fingerprint density at radius 3 is 2.36 bits per heavy atom. The maximum absolute atomic E-state index is 5.96. The van der Waals surface area contributed by atoms with E-state index < -0.39 is 0 Å². The molecule has 0 unspecified atom stereocenters. The molecule has 2 saturated heterocycles. The zero-order valence-electron chi connectivity index (χ0n) is 17.7. The second-order valence-corrected chi connectivity index (χ2v) is 9.09. The fourth-order valence-electron chi connectivity index (χ4n) is 5.40. The molecule has 4 heteroatoms. The van der Waals surface area contributed by atoms with Crippen molar-refractivity contribution in [2.75, 3.05) is 39.9 Å². The molecular formula is C24H38N2O2. The number of hydrogen-bond acceptors (Lipinski definition) is 4. The summed E-state index contributed by atoms with van der Waals surface area (Å²) >= 11 is 0. The molecule has 1 atom stereocenters. The molecule has 0 radical (unpaired) electrons. The van der Waals surface area contributed by atoms with Gasteiger partial charge in [-0.3, -0.25) is 4.90 Å². The zero-order chi connectivity index (χ0) is 19.2. The van der Waals surface area contributed by atoms with Gasteiger partial charge in [0.05, 0.1) is 13.2 Å². The number of benzene rings is 1. The van der Waals surface area contributed by atoms with Gasteiger partial charge in [0.25, 0.3) is 0 Å². The van der Waals surface area contributed by atoms with E-state index in [2.05, 4.69) is 34.1 Å². The molecular weight excluding hydrogens is 348 g/mol. The molecule has 4 rings (SSSR count). The lowest BCUT2D eigenvalue weighted by Gasteiger charge is -2.38. The summed E-state index contributed by atoms with van der Waals surface area (Å²) in [6.07, 6.45) is 11.4. The zero-order valence-corrected chi connectivity index (χ0v) is 17.7. The molecule has 0 aromatic heterocycles. The van der Waals surface area contributed by atoms with Crippen molar-refractivity contribution in [1.82, 2.24) is 9.80 Å². The number of methoxy groups -OCH3 is 1. The van der Waals surface area contributed by atoms with Crippen molar-refractivity contribution >= 4 is 0 Å². The number of likely N-dealkylation sites (tertiary alicyclic amines) is 1. The van der Waals surface area contributed by atoms with Crippen LogP contribution in [0.25, 0.3) is 0 Å². The Kier molecular flexibility index (Phi) is 7.27. The summed E-state index contributed by atoms with van der Waals surface area (Å²) in [5.41, 5.74) is 1.38. The fraction of sp³-hybridized carbons (Fsp3) is 0.750. The first-order chi connectivity index (χ1) is 13.8. The van der Waals surface area contributed by atoms with Crippen LogP contribution in [0.1, 0.15) is 56.9 Å². The highest BCUT2D eigenvalue weighted by molar-refractivity contribution is 5.27. The van der Waals surface area contributed by atoms with Gasteiger partial charge in [0.1, 0.15) is 5.75 Å². The minimum absolute atomic E-state index is 0.428. The normalized spacial score (nSPS) is 25.0. The van der Waals surface area contributed by atoms with Crippen molar-refractivity contribution in [3.8, 4) is 5.75 Å².